The Kier molecular flexibility index (Phi) is 5.18. The van der Waals surface area contributed by atoms with Crippen LogP contribution in [-0.4, -0.2) is 6.04 Å². The molecule has 2 nitrogen and oxygen atoms in total. The summed E-state index contributed by atoms with van der Waals surface area (Å²) in [4.78, 5) is 0. The first-order chi connectivity index (χ1) is 9.44. The molecule has 0 saturated carbocycles. The molecule has 0 spiro atoms. The van der Waals surface area contributed by atoms with Crippen LogP contribution in [0, 0.1) is 5.82 Å². The summed E-state index contributed by atoms with van der Waals surface area (Å²) >= 11 is 6.74. The largest absolute Gasteiger partial charge is 0.457 e. The summed E-state index contributed by atoms with van der Waals surface area (Å²) in [5.41, 5.74) is 6.91. The van der Waals surface area contributed by atoms with Gasteiger partial charge in [-0.05, 0) is 43.2 Å². The molecule has 1 atom stereocenters. The van der Waals surface area contributed by atoms with E-state index in [1.807, 2.05) is 25.1 Å². The van der Waals surface area contributed by atoms with Gasteiger partial charge in [0.05, 0.1) is 0 Å². The lowest BCUT2D eigenvalue weighted by molar-refractivity contribution is 0.475. The Morgan fingerprint density at radius 2 is 1.90 bits per heavy atom. The molecular weight excluding hydrogens is 389 g/mol. The van der Waals surface area contributed by atoms with Crippen molar-refractivity contribution < 1.29 is 9.13 Å². The van der Waals surface area contributed by atoms with Crippen LogP contribution >= 0.6 is 31.9 Å². The van der Waals surface area contributed by atoms with E-state index in [9.17, 15) is 4.39 Å². The second-order valence-electron chi connectivity index (χ2n) is 4.64. The quantitative estimate of drug-likeness (QED) is 0.777. The van der Waals surface area contributed by atoms with Crippen molar-refractivity contribution in [2.45, 2.75) is 19.4 Å². The van der Waals surface area contributed by atoms with Gasteiger partial charge in [0.15, 0.2) is 0 Å². The van der Waals surface area contributed by atoms with Crippen molar-refractivity contribution in [1.82, 2.24) is 0 Å². The highest BCUT2D eigenvalue weighted by Crippen LogP contribution is 2.29. The van der Waals surface area contributed by atoms with Crippen LogP contribution in [0.25, 0.3) is 0 Å². The van der Waals surface area contributed by atoms with Gasteiger partial charge >= 0.3 is 0 Å². The molecule has 0 fully saturated rings. The molecule has 0 heterocycles. The van der Waals surface area contributed by atoms with E-state index in [0.717, 1.165) is 16.5 Å². The molecule has 0 aliphatic carbocycles. The fraction of sp³-hybridized carbons (Fsp3) is 0.200. The van der Waals surface area contributed by atoms with E-state index in [2.05, 4.69) is 31.9 Å². The number of halogens is 3. The van der Waals surface area contributed by atoms with E-state index in [4.69, 9.17) is 10.5 Å². The molecule has 0 aromatic heterocycles. The molecule has 2 N–H and O–H groups in total. The molecule has 0 bridgehead atoms. The van der Waals surface area contributed by atoms with E-state index >= 15 is 0 Å². The molecule has 0 aliphatic heterocycles. The van der Waals surface area contributed by atoms with Gasteiger partial charge in [-0.3, -0.25) is 0 Å². The normalized spacial score (nSPS) is 12.2. The molecule has 2 aromatic rings. The Morgan fingerprint density at radius 3 is 2.50 bits per heavy atom. The van der Waals surface area contributed by atoms with Gasteiger partial charge in [-0.25, -0.2) is 4.39 Å². The lowest BCUT2D eigenvalue weighted by Crippen LogP contribution is -2.17. The third kappa shape index (κ3) is 4.30. The second-order valence-corrected chi connectivity index (χ2v) is 6.41. The Hall–Kier alpha value is -0.910. The van der Waals surface area contributed by atoms with Gasteiger partial charge in [-0.2, -0.15) is 0 Å². The molecular formula is C15H14Br2FNO. The van der Waals surface area contributed by atoms with Crippen molar-refractivity contribution >= 4 is 31.9 Å². The molecule has 106 valence electrons. The average Bonchev–Trinajstić information content (AvgIpc) is 2.31. The lowest BCUT2D eigenvalue weighted by atomic mass is 10.1. The van der Waals surface area contributed by atoms with Crippen molar-refractivity contribution in [3.8, 4) is 11.5 Å². The van der Waals surface area contributed by atoms with Crippen LogP contribution in [0.3, 0.4) is 0 Å². The van der Waals surface area contributed by atoms with Gasteiger partial charge < -0.3 is 10.5 Å². The minimum absolute atomic E-state index is 0.0947. The predicted molar refractivity (Wildman–Crippen MR) is 85.7 cm³/mol. The maximum Gasteiger partial charge on any atom is 0.131 e. The van der Waals surface area contributed by atoms with Crippen LogP contribution in [0.1, 0.15) is 12.5 Å². The summed E-state index contributed by atoms with van der Waals surface area (Å²) in [6.45, 7) is 1.96. The van der Waals surface area contributed by atoms with E-state index in [1.54, 1.807) is 6.07 Å². The van der Waals surface area contributed by atoms with Crippen LogP contribution in [-0.2, 0) is 6.42 Å². The molecule has 5 heteroatoms. The molecule has 0 amide bonds. The van der Waals surface area contributed by atoms with Crippen molar-refractivity contribution in [2.24, 2.45) is 5.73 Å². The molecule has 0 aliphatic rings. The zero-order chi connectivity index (χ0) is 14.7. The van der Waals surface area contributed by atoms with Gasteiger partial charge in [0.2, 0.25) is 0 Å². The lowest BCUT2D eigenvalue weighted by Gasteiger charge is -2.11. The Morgan fingerprint density at radius 1 is 1.15 bits per heavy atom. The molecule has 0 saturated heterocycles. The minimum atomic E-state index is -0.345. The first-order valence-electron chi connectivity index (χ1n) is 6.12. The summed E-state index contributed by atoms with van der Waals surface area (Å²) in [6.07, 6.45) is 0.784. The Labute approximate surface area is 134 Å². The minimum Gasteiger partial charge on any atom is -0.457 e. The number of rotatable bonds is 4. The standard InChI is InChI=1S/C15H14Br2FNO/c1-9(19)4-10-2-3-13(8-15(10)17)20-14-6-11(16)5-12(18)7-14/h2-3,5-9H,4,19H2,1H3. The smallest absolute Gasteiger partial charge is 0.131 e. The van der Waals surface area contributed by atoms with Crippen molar-refractivity contribution in [1.29, 1.82) is 0 Å². The number of hydrogen-bond donors (Lipinski definition) is 1. The van der Waals surface area contributed by atoms with Gasteiger partial charge in [-0.1, -0.05) is 37.9 Å². The highest BCUT2D eigenvalue weighted by Gasteiger charge is 2.07. The maximum atomic E-state index is 13.3. The fourth-order valence-electron chi connectivity index (χ4n) is 1.83. The summed E-state index contributed by atoms with van der Waals surface area (Å²) in [7, 11) is 0. The van der Waals surface area contributed by atoms with Crippen LogP contribution in [0.15, 0.2) is 45.3 Å². The maximum absolute atomic E-state index is 13.3. The monoisotopic (exact) mass is 401 g/mol. The number of hydrogen-bond acceptors (Lipinski definition) is 2. The van der Waals surface area contributed by atoms with Crippen LogP contribution in [0.5, 0.6) is 11.5 Å². The third-order valence-electron chi connectivity index (χ3n) is 2.64. The van der Waals surface area contributed by atoms with Gasteiger partial charge in [0.1, 0.15) is 17.3 Å². The molecule has 20 heavy (non-hydrogen) atoms. The summed E-state index contributed by atoms with van der Waals surface area (Å²) in [5, 5.41) is 0. The number of benzene rings is 2. The average molecular weight is 403 g/mol. The zero-order valence-electron chi connectivity index (χ0n) is 10.9. The van der Waals surface area contributed by atoms with Crippen molar-refractivity contribution in [3.63, 3.8) is 0 Å². The second kappa shape index (κ2) is 6.70. The van der Waals surface area contributed by atoms with E-state index in [1.165, 1.54) is 12.1 Å². The topological polar surface area (TPSA) is 35.2 Å². The Balaban J connectivity index is 2.19. The molecule has 2 aromatic carbocycles. The fourth-order valence-corrected chi connectivity index (χ4v) is 2.79. The SMILES string of the molecule is CC(N)Cc1ccc(Oc2cc(F)cc(Br)c2)cc1Br. The highest BCUT2D eigenvalue weighted by atomic mass is 79.9. The molecule has 1 unspecified atom stereocenters. The zero-order valence-corrected chi connectivity index (χ0v) is 14.0. The van der Waals surface area contributed by atoms with Crippen LogP contribution < -0.4 is 10.5 Å². The highest BCUT2D eigenvalue weighted by molar-refractivity contribution is 9.10. The summed E-state index contributed by atoms with van der Waals surface area (Å²) < 4.78 is 20.5. The summed E-state index contributed by atoms with van der Waals surface area (Å²) in [5.74, 6) is 0.744. The first-order valence-corrected chi connectivity index (χ1v) is 7.70. The van der Waals surface area contributed by atoms with Gasteiger partial charge in [-0.15, -0.1) is 0 Å². The molecule has 2 rings (SSSR count). The summed E-state index contributed by atoms with van der Waals surface area (Å²) in [6, 6.07) is 10.2. The third-order valence-corrected chi connectivity index (χ3v) is 3.83. The Bertz CT molecular complexity index is 597. The van der Waals surface area contributed by atoms with E-state index in [-0.39, 0.29) is 11.9 Å². The van der Waals surface area contributed by atoms with Crippen molar-refractivity contribution in [3.05, 3.63) is 56.7 Å². The predicted octanol–water partition coefficient (Wildman–Crippen LogP) is 5.03. The molecule has 0 radical (unpaired) electrons. The number of nitrogens with two attached hydrogens (primary N) is 1. The van der Waals surface area contributed by atoms with E-state index in [0.29, 0.717) is 16.0 Å². The number of ether oxygens (including phenoxy) is 1. The van der Waals surface area contributed by atoms with Crippen LogP contribution in [0.4, 0.5) is 4.39 Å². The van der Waals surface area contributed by atoms with Crippen LogP contribution in [0.2, 0.25) is 0 Å². The van der Waals surface area contributed by atoms with Crippen molar-refractivity contribution in [2.75, 3.05) is 0 Å². The van der Waals surface area contributed by atoms with E-state index < -0.39 is 0 Å². The first kappa shape index (κ1) is 15.5. The van der Waals surface area contributed by atoms with Gasteiger partial charge in [0.25, 0.3) is 0 Å². The van der Waals surface area contributed by atoms with Gasteiger partial charge in [0, 0.05) is 21.1 Å².